The zero-order valence-electron chi connectivity index (χ0n) is 11.9. The van der Waals surface area contributed by atoms with Crippen molar-refractivity contribution in [2.45, 2.75) is 6.29 Å². The van der Waals surface area contributed by atoms with E-state index in [2.05, 4.69) is 0 Å². The lowest BCUT2D eigenvalue weighted by Crippen LogP contribution is -2.15. The summed E-state index contributed by atoms with van der Waals surface area (Å²) in [6, 6.07) is 25.8. The Morgan fingerprint density at radius 2 is 1.05 bits per heavy atom. The van der Waals surface area contributed by atoms with Gasteiger partial charge >= 0.3 is 0 Å². The molecule has 0 aromatic heterocycles. The summed E-state index contributed by atoms with van der Waals surface area (Å²) in [7, 11) is 0. The normalized spacial score (nSPS) is 10.4. The minimum Gasteiger partial charge on any atom is -0.507 e. The van der Waals surface area contributed by atoms with Gasteiger partial charge in [0.2, 0.25) is 0 Å². The molecule has 0 aliphatic carbocycles. The van der Waals surface area contributed by atoms with Crippen LogP contribution in [0.25, 0.3) is 0 Å². The maximum absolute atomic E-state index is 10.1. The van der Waals surface area contributed by atoms with Crippen LogP contribution in [0.4, 0.5) is 0 Å². The van der Waals surface area contributed by atoms with Crippen LogP contribution in [0, 0.1) is 0 Å². The van der Waals surface area contributed by atoms with Gasteiger partial charge in [-0.1, -0.05) is 48.5 Å². The van der Waals surface area contributed by atoms with Crippen LogP contribution in [-0.2, 0) is 0 Å². The van der Waals surface area contributed by atoms with E-state index in [4.69, 9.17) is 9.47 Å². The van der Waals surface area contributed by atoms with Crippen molar-refractivity contribution in [2.24, 2.45) is 0 Å². The van der Waals surface area contributed by atoms with Crippen LogP contribution >= 0.6 is 0 Å². The molecule has 0 aliphatic rings. The molecule has 0 fully saturated rings. The molecule has 0 aliphatic heterocycles. The van der Waals surface area contributed by atoms with E-state index in [0.29, 0.717) is 17.1 Å². The Kier molecular flexibility index (Phi) is 4.25. The molecule has 0 amide bonds. The van der Waals surface area contributed by atoms with Gasteiger partial charge in [-0.25, -0.2) is 0 Å². The molecule has 3 aromatic carbocycles. The highest BCUT2D eigenvalue weighted by Gasteiger charge is 2.19. The molecule has 1 N–H and O–H groups in total. The molecule has 22 heavy (non-hydrogen) atoms. The van der Waals surface area contributed by atoms with Crippen molar-refractivity contribution in [1.82, 2.24) is 0 Å². The average Bonchev–Trinajstić information content (AvgIpc) is 2.57. The molecule has 3 nitrogen and oxygen atoms in total. The van der Waals surface area contributed by atoms with Gasteiger partial charge in [0.1, 0.15) is 17.2 Å². The first-order valence-corrected chi connectivity index (χ1v) is 7.04. The molecule has 0 unspecified atom stereocenters. The Morgan fingerprint density at radius 1 is 0.591 bits per heavy atom. The first-order chi connectivity index (χ1) is 10.8. The van der Waals surface area contributed by atoms with Gasteiger partial charge in [0.25, 0.3) is 6.29 Å². The number of benzene rings is 3. The number of hydrogen-bond acceptors (Lipinski definition) is 3. The second kappa shape index (κ2) is 6.68. The zero-order valence-corrected chi connectivity index (χ0v) is 11.9. The van der Waals surface area contributed by atoms with Crippen molar-refractivity contribution in [1.29, 1.82) is 0 Å². The highest BCUT2D eigenvalue weighted by molar-refractivity contribution is 5.35. The van der Waals surface area contributed by atoms with Crippen molar-refractivity contribution in [2.75, 3.05) is 0 Å². The summed E-state index contributed by atoms with van der Waals surface area (Å²) in [5, 5.41) is 10.1. The summed E-state index contributed by atoms with van der Waals surface area (Å²) in [6.07, 6.45) is -0.731. The summed E-state index contributed by atoms with van der Waals surface area (Å²) in [5.74, 6) is 1.48. The maximum atomic E-state index is 10.1. The van der Waals surface area contributed by atoms with E-state index in [1.807, 2.05) is 66.7 Å². The smallest absolute Gasteiger partial charge is 0.271 e. The standard InChI is InChI=1S/C19H16O3/c20-18-14-8-7-13-17(18)19(21-15-9-3-1-4-10-15)22-16-11-5-2-6-12-16/h1-14,19-20H. The minimum atomic E-state index is -0.731. The number of aromatic hydroxyl groups is 1. The number of rotatable bonds is 5. The van der Waals surface area contributed by atoms with Gasteiger partial charge in [-0.3, -0.25) is 0 Å². The van der Waals surface area contributed by atoms with Crippen LogP contribution in [0.3, 0.4) is 0 Å². The van der Waals surface area contributed by atoms with E-state index in [9.17, 15) is 5.11 Å². The summed E-state index contributed by atoms with van der Waals surface area (Å²) >= 11 is 0. The molecule has 3 heteroatoms. The second-order valence-corrected chi connectivity index (χ2v) is 4.75. The zero-order chi connectivity index (χ0) is 15.2. The molecule has 0 saturated carbocycles. The Bertz CT molecular complexity index is 670. The van der Waals surface area contributed by atoms with Crippen molar-refractivity contribution in [3.63, 3.8) is 0 Å². The van der Waals surface area contributed by atoms with Gasteiger partial charge in [0, 0.05) is 0 Å². The third kappa shape index (κ3) is 3.38. The molecule has 0 atom stereocenters. The third-order valence-electron chi connectivity index (χ3n) is 3.16. The monoisotopic (exact) mass is 292 g/mol. The van der Waals surface area contributed by atoms with Crippen LogP contribution < -0.4 is 9.47 Å². The second-order valence-electron chi connectivity index (χ2n) is 4.75. The molecule has 0 heterocycles. The van der Waals surface area contributed by atoms with E-state index >= 15 is 0 Å². The fourth-order valence-electron chi connectivity index (χ4n) is 2.08. The summed E-state index contributed by atoms with van der Waals surface area (Å²) in [6.45, 7) is 0. The lowest BCUT2D eigenvalue weighted by Gasteiger charge is -2.21. The first-order valence-electron chi connectivity index (χ1n) is 7.04. The number of phenolic OH excluding ortho intramolecular Hbond substituents is 1. The minimum absolute atomic E-state index is 0.138. The molecular weight excluding hydrogens is 276 g/mol. The SMILES string of the molecule is Oc1ccccc1C(Oc1ccccc1)Oc1ccccc1. The van der Waals surface area contributed by atoms with Crippen molar-refractivity contribution in [3.8, 4) is 17.2 Å². The fourth-order valence-corrected chi connectivity index (χ4v) is 2.08. The van der Waals surface area contributed by atoms with Gasteiger partial charge in [0.15, 0.2) is 0 Å². The van der Waals surface area contributed by atoms with Crippen molar-refractivity contribution >= 4 is 0 Å². The number of ether oxygens (including phenoxy) is 2. The van der Waals surface area contributed by atoms with E-state index < -0.39 is 6.29 Å². The molecule has 0 spiro atoms. The average molecular weight is 292 g/mol. The van der Waals surface area contributed by atoms with Gasteiger partial charge in [-0.05, 0) is 36.4 Å². The lowest BCUT2D eigenvalue weighted by atomic mass is 10.2. The van der Waals surface area contributed by atoms with E-state index in [1.165, 1.54) is 0 Å². The molecule has 110 valence electrons. The van der Waals surface area contributed by atoms with E-state index in [-0.39, 0.29) is 5.75 Å². The van der Waals surface area contributed by atoms with Gasteiger partial charge in [-0.15, -0.1) is 0 Å². The largest absolute Gasteiger partial charge is 0.507 e. The highest BCUT2D eigenvalue weighted by Crippen LogP contribution is 2.30. The Morgan fingerprint density at radius 3 is 1.55 bits per heavy atom. The number of phenols is 1. The molecule has 3 rings (SSSR count). The highest BCUT2D eigenvalue weighted by atomic mass is 16.7. The fraction of sp³-hybridized carbons (Fsp3) is 0.0526. The Balaban J connectivity index is 1.90. The number of para-hydroxylation sites is 3. The summed E-state index contributed by atoms with van der Waals surface area (Å²) in [4.78, 5) is 0. The van der Waals surface area contributed by atoms with Crippen LogP contribution in [0.15, 0.2) is 84.9 Å². The Labute approximate surface area is 129 Å². The third-order valence-corrected chi connectivity index (χ3v) is 3.16. The van der Waals surface area contributed by atoms with Crippen molar-refractivity contribution < 1.29 is 14.6 Å². The van der Waals surface area contributed by atoms with Crippen molar-refractivity contribution in [3.05, 3.63) is 90.5 Å². The topological polar surface area (TPSA) is 38.7 Å². The maximum Gasteiger partial charge on any atom is 0.271 e. The predicted octanol–water partition coefficient (Wildman–Crippen LogP) is 4.55. The predicted molar refractivity (Wildman–Crippen MR) is 85.0 cm³/mol. The van der Waals surface area contributed by atoms with Gasteiger partial charge in [-0.2, -0.15) is 0 Å². The van der Waals surface area contributed by atoms with E-state index in [0.717, 1.165) is 0 Å². The molecule has 0 radical (unpaired) electrons. The Hall–Kier alpha value is -2.94. The van der Waals surface area contributed by atoms with E-state index in [1.54, 1.807) is 18.2 Å². The van der Waals surface area contributed by atoms with Crippen LogP contribution in [-0.4, -0.2) is 5.11 Å². The van der Waals surface area contributed by atoms with Gasteiger partial charge < -0.3 is 14.6 Å². The van der Waals surface area contributed by atoms with Crippen LogP contribution in [0.1, 0.15) is 11.9 Å². The molecule has 0 saturated heterocycles. The van der Waals surface area contributed by atoms with Crippen LogP contribution in [0.5, 0.6) is 17.2 Å². The van der Waals surface area contributed by atoms with Crippen LogP contribution in [0.2, 0.25) is 0 Å². The quantitative estimate of drug-likeness (QED) is 0.701. The lowest BCUT2D eigenvalue weighted by molar-refractivity contribution is 0.00215. The summed E-state index contributed by atoms with van der Waals surface area (Å²) in [5.41, 5.74) is 0.579. The molecular formula is C19H16O3. The van der Waals surface area contributed by atoms with Gasteiger partial charge in [0.05, 0.1) is 5.56 Å². The molecule has 0 bridgehead atoms. The molecule has 3 aromatic rings. The first kappa shape index (κ1) is 14.0. The summed E-state index contributed by atoms with van der Waals surface area (Å²) < 4.78 is 11.8. The number of hydrogen-bond donors (Lipinski definition) is 1.